The van der Waals surface area contributed by atoms with Crippen LogP contribution in [0.25, 0.3) is 0 Å². The summed E-state index contributed by atoms with van der Waals surface area (Å²) >= 11 is 0. The molecule has 0 aliphatic heterocycles. The van der Waals surface area contributed by atoms with Gasteiger partial charge in [-0.2, -0.15) is 9.81 Å². The summed E-state index contributed by atoms with van der Waals surface area (Å²) in [5.41, 5.74) is 2.25. The molecular formula is C31H52N2O2. The van der Waals surface area contributed by atoms with E-state index in [0.29, 0.717) is 5.41 Å². The summed E-state index contributed by atoms with van der Waals surface area (Å²) in [4.78, 5) is 22.7. The smallest absolute Gasteiger partial charge is 0.113 e. The summed E-state index contributed by atoms with van der Waals surface area (Å²) in [6, 6.07) is -0.391. The molecule has 3 unspecified atom stereocenters. The van der Waals surface area contributed by atoms with Gasteiger partial charge >= 0.3 is 0 Å². The highest BCUT2D eigenvalue weighted by Crippen LogP contribution is 2.68. The zero-order valence-electron chi connectivity index (χ0n) is 23.5. The van der Waals surface area contributed by atoms with Gasteiger partial charge in [0.05, 0.1) is 6.04 Å². The second-order valence-electron chi connectivity index (χ2n) is 14.1. The number of rotatable bonds is 10. The van der Waals surface area contributed by atoms with Gasteiger partial charge in [0.15, 0.2) is 0 Å². The molecule has 0 aromatic carbocycles. The Labute approximate surface area is 214 Å². The standard InChI is InChI=1S/C31H52N2O2/c1-20(2)8-7-9-21(3)26-14-15-27-25-13-12-24-18-29(33-35)23(11-10-22(4)32-34)19-31(24,6)28(25)16-17-30(26,27)5/h18,20-23,25-29H,7-17,19H2,1-6H3/t21-,22?,23?,25+,26-,27+,28+,29?,30-,31+/m1/s1. The third-order valence-corrected chi connectivity index (χ3v) is 11.7. The van der Waals surface area contributed by atoms with E-state index in [2.05, 4.69) is 51.0 Å². The molecule has 10 atom stereocenters. The van der Waals surface area contributed by atoms with Gasteiger partial charge < -0.3 is 0 Å². The van der Waals surface area contributed by atoms with Crippen molar-refractivity contribution in [3.8, 4) is 0 Å². The number of fused-ring (bicyclic) bond motifs is 5. The normalized spacial score (nSPS) is 42.4. The van der Waals surface area contributed by atoms with Crippen molar-refractivity contribution in [3.63, 3.8) is 0 Å². The molecule has 4 aliphatic carbocycles. The van der Waals surface area contributed by atoms with Gasteiger partial charge in [-0.1, -0.05) is 75.9 Å². The summed E-state index contributed by atoms with van der Waals surface area (Å²) < 4.78 is 0. The fourth-order valence-electron chi connectivity index (χ4n) is 9.81. The molecule has 0 bridgehead atoms. The van der Waals surface area contributed by atoms with Crippen molar-refractivity contribution < 1.29 is 0 Å². The summed E-state index contributed by atoms with van der Waals surface area (Å²) in [6.07, 6.45) is 17.2. The highest BCUT2D eigenvalue weighted by atomic mass is 16.3. The van der Waals surface area contributed by atoms with Gasteiger partial charge in [-0.3, -0.25) is 0 Å². The Bertz CT molecular complexity index is 793. The first kappa shape index (κ1) is 27.0. The summed E-state index contributed by atoms with van der Waals surface area (Å²) in [5.74, 6) is 5.27. The number of allylic oxidation sites excluding steroid dienone is 1. The lowest BCUT2D eigenvalue weighted by Crippen LogP contribution is -2.52. The first-order valence-electron chi connectivity index (χ1n) is 15.0. The third kappa shape index (κ3) is 5.06. The van der Waals surface area contributed by atoms with Crippen LogP contribution in [0.5, 0.6) is 0 Å². The van der Waals surface area contributed by atoms with Crippen LogP contribution in [0.4, 0.5) is 0 Å². The van der Waals surface area contributed by atoms with Crippen molar-refractivity contribution in [2.75, 3.05) is 0 Å². The van der Waals surface area contributed by atoms with Crippen molar-refractivity contribution in [2.45, 2.75) is 131 Å². The van der Waals surface area contributed by atoms with Gasteiger partial charge in [0, 0.05) is 0 Å². The van der Waals surface area contributed by atoms with E-state index in [4.69, 9.17) is 0 Å². The van der Waals surface area contributed by atoms with Crippen LogP contribution in [-0.4, -0.2) is 12.1 Å². The van der Waals surface area contributed by atoms with Crippen LogP contribution in [0.3, 0.4) is 0 Å². The number of hydrogen-bond acceptors (Lipinski definition) is 4. The average Bonchev–Trinajstić information content (AvgIpc) is 3.18. The Morgan fingerprint density at radius 3 is 2.43 bits per heavy atom. The number of hydrogen-bond donors (Lipinski definition) is 0. The molecule has 3 fully saturated rings. The SMILES string of the molecule is CC(C)CCC[C@@H](C)[C@H]1CC[C@H]2[C@@H]3CCC4=CC(N=O)C(CCC(C)N=O)C[C@]4(C)[C@H]3CC[C@]12C. The van der Waals surface area contributed by atoms with Crippen LogP contribution in [0.15, 0.2) is 22.0 Å². The highest BCUT2D eigenvalue weighted by Gasteiger charge is 2.60. The van der Waals surface area contributed by atoms with Crippen LogP contribution >= 0.6 is 0 Å². The maximum atomic E-state index is 11.8. The van der Waals surface area contributed by atoms with Crippen molar-refractivity contribution in [1.29, 1.82) is 0 Å². The minimum atomic E-state index is -0.218. The van der Waals surface area contributed by atoms with Crippen molar-refractivity contribution >= 4 is 0 Å². The molecule has 35 heavy (non-hydrogen) atoms. The zero-order valence-corrected chi connectivity index (χ0v) is 23.5. The average molecular weight is 485 g/mol. The van der Waals surface area contributed by atoms with Crippen LogP contribution in [0.2, 0.25) is 0 Å². The summed E-state index contributed by atoms with van der Waals surface area (Å²) in [6.45, 7) is 14.3. The Kier molecular flexibility index (Phi) is 8.28. The van der Waals surface area contributed by atoms with Gasteiger partial charge in [-0.15, -0.1) is 0 Å². The molecular weight excluding hydrogens is 432 g/mol. The molecule has 4 nitrogen and oxygen atoms in total. The lowest BCUT2D eigenvalue weighted by Gasteiger charge is -2.59. The van der Waals surface area contributed by atoms with E-state index in [9.17, 15) is 9.81 Å². The molecule has 0 spiro atoms. The van der Waals surface area contributed by atoms with Crippen molar-refractivity contribution in [2.24, 2.45) is 62.6 Å². The van der Waals surface area contributed by atoms with Crippen LogP contribution in [-0.2, 0) is 0 Å². The van der Waals surface area contributed by atoms with Crippen molar-refractivity contribution in [3.05, 3.63) is 21.5 Å². The Morgan fingerprint density at radius 2 is 1.74 bits per heavy atom. The minimum absolute atomic E-state index is 0.173. The molecule has 0 amide bonds. The Morgan fingerprint density at radius 1 is 0.971 bits per heavy atom. The van der Waals surface area contributed by atoms with E-state index in [1.165, 1.54) is 56.9 Å². The van der Waals surface area contributed by atoms with Crippen LogP contribution in [0, 0.1) is 62.1 Å². The second kappa shape index (κ2) is 10.7. The largest absolute Gasteiger partial charge is 0.151 e. The summed E-state index contributed by atoms with van der Waals surface area (Å²) in [7, 11) is 0. The number of nitrogens with zero attached hydrogens (tertiary/aromatic N) is 2. The van der Waals surface area contributed by atoms with Crippen LogP contribution < -0.4 is 0 Å². The molecule has 0 N–H and O–H groups in total. The Balaban J connectivity index is 1.49. The van der Waals surface area contributed by atoms with E-state index in [1.807, 2.05) is 6.92 Å². The van der Waals surface area contributed by atoms with Gasteiger partial charge in [-0.05, 0) is 117 Å². The van der Waals surface area contributed by atoms with Gasteiger partial charge in [0.1, 0.15) is 6.04 Å². The monoisotopic (exact) mass is 484 g/mol. The first-order chi connectivity index (χ1) is 16.6. The molecule has 3 saturated carbocycles. The molecule has 4 rings (SSSR count). The predicted octanol–water partition coefficient (Wildman–Crippen LogP) is 9.32. The molecule has 198 valence electrons. The maximum absolute atomic E-state index is 11.8. The Hall–Kier alpha value is -1.06. The third-order valence-electron chi connectivity index (χ3n) is 11.7. The van der Waals surface area contributed by atoms with Gasteiger partial charge in [0.25, 0.3) is 0 Å². The second-order valence-corrected chi connectivity index (χ2v) is 14.1. The van der Waals surface area contributed by atoms with Gasteiger partial charge in [-0.25, -0.2) is 0 Å². The molecule has 0 saturated heterocycles. The molecule has 0 radical (unpaired) electrons. The first-order valence-corrected chi connectivity index (χ1v) is 15.0. The fourth-order valence-corrected chi connectivity index (χ4v) is 9.81. The van der Waals surface area contributed by atoms with E-state index in [-0.39, 0.29) is 23.4 Å². The lowest BCUT2D eigenvalue weighted by molar-refractivity contribution is -0.0646. The lowest BCUT2D eigenvalue weighted by atomic mass is 9.45. The molecule has 0 aromatic rings. The van der Waals surface area contributed by atoms with E-state index in [1.54, 1.807) is 0 Å². The van der Waals surface area contributed by atoms with Gasteiger partial charge in [0.2, 0.25) is 0 Å². The fraction of sp³-hybridized carbons (Fsp3) is 0.935. The summed E-state index contributed by atoms with van der Waals surface area (Å²) in [5, 5.41) is 6.76. The molecule has 4 aliphatic rings. The van der Waals surface area contributed by atoms with E-state index < -0.39 is 0 Å². The predicted molar refractivity (Wildman–Crippen MR) is 146 cm³/mol. The van der Waals surface area contributed by atoms with Crippen LogP contribution in [0.1, 0.15) is 119 Å². The molecule has 0 aromatic heterocycles. The van der Waals surface area contributed by atoms with E-state index in [0.717, 1.165) is 61.2 Å². The van der Waals surface area contributed by atoms with Crippen molar-refractivity contribution in [1.82, 2.24) is 0 Å². The zero-order chi connectivity index (χ0) is 25.4. The molecule has 0 heterocycles. The maximum Gasteiger partial charge on any atom is 0.113 e. The topological polar surface area (TPSA) is 58.9 Å². The highest BCUT2D eigenvalue weighted by molar-refractivity contribution is 5.27. The van der Waals surface area contributed by atoms with E-state index >= 15 is 0 Å². The number of nitroso groups, excluding NO2 is 2. The minimum Gasteiger partial charge on any atom is -0.151 e. The molecule has 4 heteroatoms. The quantitative estimate of drug-likeness (QED) is 0.229.